The second-order valence-corrected chi connectivity index (χ2v) is 7.61. The number of anilines is 1. The monoisotopic (exact) mass is 462 g/mol. The summed E-state index contributed by atoms with van der Waals surface area (Å²) >= 11 is 12.4. The Bertz CT molecular complexity index is 990. The largest absolute Gasteiger partial charge is 0.494 e. The van der Waals surface area contributed by atoms with Gasteiger partial charge < -0.3 is 14.8 Å². The fraction of sp³-hybridized carbons (Fsp3) is 0.304. The molecule has 0 fully saturated rings. The molecule has 0 saturated heterocycles. The molecule has 2 amide bonds. The van der Waals surface area contributed by atoms with Gasteiger partial charge >= 0.3 is 0 Å². The number of amides is 2. The maximum absolute atomic E-state index is 13.2. The van der Waals surface area contributed by atoms with Gasteiger partial charge in [0.25, 0.3) is 11.8 Å². The highest BCUT2D eigenvalue weighted by molar-refractivity contribution is 6.41. The van der Waals surface area contributed by atoms with Crippen LogP contribution in [0.4, 0.5) is 5.69 Å². The Kier molecular flexibility index (Phi) is 7.96. The summed E-state index contributed by atoms with van der Waals surface area (Å²) in [5.74, 6) is -0.0927. The highest BCUT2D eigenvalue weighted by Gasteiger charge is 2.39. The lowest BCUT2D eigenvalue weighted by molar-refractivity contribution is -0.137. The van der Waals surface area contributed by atoms with Crippen LogP contribution in [0.2, 0.25) is 10.0 Å². The average molecular weight is 463 g/mol. The summed E-state index contributed by atoms with van der Waals surface area (Å²) in [6.07, 6.45) is 0.545. The van der Waals surface area contributed by atoms with Crippen molar-refractivity contribution in [2.24, 2.45) is 0 Å². The van der Waals surface area contributed by atoms with E-state index < -0.39 is 11.8 Å². The molecule has 0 saturated carbocycles. The lowest BCUT2D eigenvalue weighted by Crippen LogP contribution is -2.34. The predicted molar refractivity (Wildman–Crippen MR) is 122 cm³/mol. The van der Waals surface area contributed by atoms with Crippen LogP contribution >= 0.6 is 23.2 Å². The first-order valence-corrected chi connectivity index (χ1v) is 10.8. The summed E-state index contributed by atoms with van der Waals surface area (Å²) in [5, 5.41) is 3.84. The van der Waals surface area contributed by atoms with E-state index in [1.165, 1.54) is 4.90 Å². The molecule has 3 rings (SSSR count). The second kappa shape index (κ2) is 10.7. The highest BCUT2D eigenvalue weighted by atomic mass is 35.5. The van der Waals surface area contributed by atoms with E-state index in [0.717, 1.165) is 5.75 Å². The number of nitrogens with one attached hydrogen (secondary N) is 1. The molecule has 0 aliphatic carbocycles. The van der Waals surface area contributed by atoms with Gasteiger partial charge in [-0.25, -0.2) is 0 Å². The van der Waals surface area contributed by atoms with Crippen LogP contribution in [0.15, 0.2) is 48.2 Å². The van der Waals surface area contributed by atoms with Crippen LogP contribution < -0.4 is 10.1 Å². The number of hydrogen-bond donors (Lipinski definition) is 1. The van der Waals surface area contributed by atoms with Crippen molar-refractivity contribution in [1.82, 2.24) is 4.90 Å². The van der Waals surface area contributed by atoms with E-state index in [9.17, 15) is 9.59 Å². The smallest absolute Gasteiger partial charge is 0.278 e. The Morgan fingerprint density at radius 3 is 2.35 bits per heavy atom. The van der Waals surface area contributed by atoms with E-state index in [0.29, 0.717) is 47.5 Å². The Morgan fingerprint density at radius 2 is 1.71 bits per heavy atom. The van der Waals surface area contributed by atoms with Crippen molar-refractivity contribution in [3.8, 4) is 5.75 Å². The van der Waals surface area contributed by atoms with E-state index in [1.807, 2.05) is 13.8 Å². The van der Waals surface area contributed by atoms with Gasteiger partial charge in [-0.15, -0.1) is 0 Å². The summed E-state index contributed by atoms with van der Waals surface area (Å²) in [7, 11) is 0. The van der Waals surface area contributed by atoms with Gasteiger partial charge in [0.1, 0.15) is 11.4 Å². The summed E-state index contributed by atoms with van der Waals surface area (Å²) in [4.78, 5) is 27.6. The van der Waals surface area contributed by atoms with Crippen molar-refractivity contribution in [2.75, 3.05) is 31.7 Å². The van der Waals surface area contributed by atoms with Crippen LogP contribution in [0.25, 0.3) is 5.57 Å². The van der Waals surface area contributed by atoms with Crippen molar-refractivity contribution in [3.63, 3.8) is 0 Å². The topological polar surface area (TPSA) is 67.9 Å². The van der Waals surface area contributed by atoms with Crippen LogP contribution in [0, 0.1) is 0 Å². The molecule has 1 N–H and O–H groups in total. The van der Waals surface area contributed by atoms with E-state index in [4.69, 9.17) is 32.7 Å². The van der Waals surface area contributed by atoms with Crippen LogP contribution in [0.5, 0.6) is 5.75 Å². The molecule has 0 atom stereocenters. The maximum atomic E-state index is 13.2. The van der Waals surface area contributed by atoms with Crippen LogP contribution in [-0.4, -0.2) is 43.1 Å². The van der Waals surface area contributed by atoms with Crippen LogP contribution in [-0.2, 0) is 14.3 Å². The summed E-state index contributed by atoms with van der Waals surface area (Å²) in [6.45, 7) is 5.65. The van der Waals surface area contributed by atoms with Gasteiger partial charge in [-0.05, 0) is 56.7 Å². The Balaban J connectivity index is 1.94. The van der Waals surface area contributed by atoms with Gasteiger partial charge in [0.2, 0.25) is 0 Å². The number of hydrogen-bond acceptors (Lipinski definition) is 5. The standard InChI is InChI=1S/C23H24Cl2N2O4/c1-3-30-13-5-12-27-22(28)20(18-11-6-15(24)14-19(18)25)21(23(27)29)26-16-7-9-17(10-8-16)31-4-2/h6-11,14,26H,3-5,12-13H2,1-2H3. The average Bonchev–Trinajstić information content (AvgIpc) is 2.97. The molecule has 31 heavy (non-hydrogen) atoms. The fourth-order valence-corrected chi connectivity index (χ4v) is 3.75. The number of rotatable bonds is 10. The molecule has 164 valence electrons. The minimum absolute atomic E-state index is 0.176. The first-order chi connectivity index (χ1) is 15.0. The SMILES string of the molecule is CCOCCCN1C(=O)C(Nc2ccc(OCC)cc2)=C(c2ccc(Cl)cc2Cl)C1=O. The molecule has 2 aromatic carbocycles. The van der Waals surface area contributed by atoms with E-state index in [1.54, 1.807) is 42.5 Å². The minimum Gasteiger partial charge on any atom is -0.494 e. The fourth-order valence-electron chi connectivity index (χ4n) is 3.25. The quantitative estimate of drug-likeness (QED) is 0.396. The molecular weight excluding hydrogens is 439 g/mol. The lowest BCUT2D eigenvalue weighted by atomic mass is 10.0. The first kappa shape index (κ1) is 23.1. The molecule has 0 aromatic heterocycles. The zero-order valence-corrected chi connectivity index (χ0v) is 18.9. The number of nitrogens with zero attached hydrogens (tertiary/aromatic N) is 1. The van der Waals surface area contributed by atoms with Gasteiger partial charge in [-0.2, -0.15) is 0 Å². The Morgan fingerprint density at radius 1 is 0.968 bits per heavy atom. The van der Waals surface area contributed by atoms with Gasteiger partial charge in [0.15, 0.2) is 0 Å². The molecule has 8 heteroatoms. The van der Waals surface area contributed by atoms with Crippen molar-refractivity contribution in [3.05, 3.63) is 63.8 Å². The third-order valence-corrected chi connectivity index (χ3v) is 5.23. The van der Waals surface area contributed by atoms with Gasteiger partial charge in [-0.1, -0.05) is 29.3 Å². The van der Waals surface area contributed by atoms with Crippen LogP contribution in [0.1, 0.15) is 25.8 Å². The normalized spacial score (nSPS) is 13.9. The maximum Gasteiger partial charge on any atom is 0.278 e. The number of imide groups is 1. The minimum atomic E-state index is -0.406. The number of halogens is 2. The van der Waals surface area contributed by atoms with Crippen molar-refractivity contribution in [1.29, 1.82) is 0 Å². The molecule has 2 aromatic rings. The molecule has 0 bridgehead atoms. The summed E-state index contributed by atoms with van der Waals surface area (Å²) in [5.41, 5.74) is 1.50. The molecule has 0 radical (unpaired) electrons. The molecule has 6 nitrogen and oxygen atoms in total. The summed E-state index contributed by atoms with van der Waals surface area (Å²) in [6, 6.07) is 12.0. The number of carbonyl (C=O) groups excluding carboxylic acids is 2. The first-order valence-electron chi connectivity index (χ1n) is 10.1. The van der Waals surface area contributed by atoms with Crippen molar-refractivity contribution in [2.45, 2.75) is 20.3 Å². The highest BCUT2D eigenvalue weighted by Crippen LogP contribution is 2.35. The Labute approximate surface area is 191 Å². The van der Waals surface area contributed by atoms with Gasteiger partial charge in [0, 0.05) is 36.0 Å². The molecule has 0 spiro atoms. The second-order valence-electron chi connectivity index (χ2n) is 6.77. The predicted octanol–water partition coefficient (Wildman–Crippen LogP) is 5.01. The number of ether oxygens (including phenoxy) is 2. The molecule has 0 unspecified atom stereocenters. The van der Waals surface area contributed by atoms with E-state index >= 15 is 0 Å². The lowest BCUT2D eigenvalue weighted by Gasteiger charge is -2.15. The zero-order valence-electron chi connectivity index (χ0n) is 17.4. The molecule has 1 aliphatic rings. The van der Waals surface area contributed by atoms with Gasteiger partial charge in [-0.3, -0.25) is 14.5 Å². The number of benzene rings is 2. The molecular formula is C23H24Cl2N2O4. The Hall–Kier alpha value is -2.54. The van der Waals surface area contributed by atoms with Crippen LogP contribution in [0.3, 0.4) is 0 Å². The zero-order chi connectivity index (χ0) is 22.4. The third kappa shape index (κ3) is 5.39. The number of carbonyl (C=O) groups is 2. The van der Waals surface area contributed by atoms with Gasteiger partial charge in [0.05, 0.1) is 17.2 Å². The third-order valence-electron chi connectivity index (χ3n) is 4.68. The molecule has 1 heterocycles. The van der Waals surface area contributed by atoms with E-state index in [2.05, 4.69) is 5.32 Å². The summed E-state index contributed by atoms with van der Waals surface area (Å²) < 4.78 is 10.8. The van der Waals surface area contributed by atoms with E-state index in [-0.39, 0.29) is 17.8 Å². The van der Waals surface area contributed by atoms with Crippen molar-refractivity contribution < 1.29 is 19.1 Å². The van der Waals surface area contributed by atoms with Crippen molar-refractivity contribution >= 4 is 46.3 Å². The molecule has 1 aliphatic heterocycles.